The molecule has 0 unspecified atom stereocenters. The van der Waals surface area contributed by atoms with Crippen molar-refractivity contribution in [3.8, 4) is 17.2 Å². The molecule has 7 nitrogen and oxygen atoms in total. The average molecular weight is 529 g/mol. The molecular weight excluding hydrogens is 497 g/mol. The van der Waals surface area contributed by atoms with Crippen molar-refractivity contribution in [1.29, 1.82) is 0 Å². The number of ether oxygens (including phenoxy) is 3. The van der Waals surface area contributed by atoms with Gasteiger partial charge in [-0.25, -0.2) is 4.99 Å². The summed E-state index contributed by atoms with van der Waals surface area (Å²) >= 11 is 0. The van der Waals surface area contributed by atoms with Crippen LogP contribution in [0.2, 0.25) is 0 Å². The fourth-order valence-corrected chi connectivity index (χ4v) is 2.70. The number of aryl methyl sites for hydroxylation is 1. The Morgan fingerprint density at radius 2 is 1.83 bits per heavy atom. The van der Waals surface area contributed by atoms with E-state index in [1.807, 2.05) is 26.0 Å². The highest BCUT2D eigenvalue weighted by molar-refractivity contribution is 14.0. The molecule has 0 aliphatic carbocycles. The van der Waals surface area contributed by atoms with Gasteiger partial charge in [0.25, 0.3) is 0 Å². The number of nitrogens with zero attached hydrogens (tertiary/aromatic N) is 1. The summed E-state index contributed by atoms with van der Waals surface area (Å²) < 4.78 is 16.0. The molecule has 3 N–H and O–H groups in total. The van der Waals surface area contributed by atoms with Gasteiger partial charge in [0, 0.05) is 25.8 Å². The first kappa shape index (κ1) is 25.8. The maximum Gasteiger partial charge on any atom is 0.191 e. The van der Waals surface area contributed by atoms with E-state index in [1.165, 1.54) is 7.11 Å². The van der Waals surface area contributed by atoms with Crippen LogP contribution in [0.4, 0.5) is 0 Å². The normalized spacial score (nSPS) is 10.9. The van der Waals surface area contributed by atoms with E-state index >= 15 is 0 Å². The van der Waals surface area contributed by atoms with Crippen LogP contribution in [0.3, 0.4) is 0 Å². The molecule has 2 rings (SSSR count). The van der Waals surface area contributed by atoms with Gasteiger partial charge in [-0.15, -0.1) is 24.0 Å². The molecule has 0 fully saturated rings. The Labute approximate surface area is 195 Å². The average Bonchev–Trinajstić information content (AvgIpc) is 2.71. The number of methoxy groups -OCH3 is 2. The van der Waals surface area contributed by atoms with E-state index in [9.17, 15) is 5.11 Å². The number of hydrogen-bond acceptors (Lipinski definition) is 5. The van der Waals surface area contributed by atoms with Gasteiger partial charge in [0.1, 0.15) is 12.4 Å². The minimum atomic E-state index is 0. The number of hydrogen-bond donors (Lipinski definition) is 3. The number of phenolic OH excluding ortho intramolecular Hbond substituents is 1. The first-order valence-corrected chi connectivity index (χ1v) is 9.66. The largest absolute Gasteiger partial charge is 0.504 e. The third kappa shape index (κ3) is 8.27. The molecule has 0 bridgehead atoms. The fraction of sp³-hybridized carbons (Fsp3) is 0.409. The van der Waals surface area contributed by atoms with Crippen molar-refractivity contribution < 1.29 is 19.3 Å². The summed E-state index contributed by atoms with van der Waals surface area (Å²) in [4.78, 5) is 4.60. The van der Waals surface area contributed by atoms with Crippen molar-refractivity contribution in [3.05, 3.63) is 53.1 Å². The highest BCUT2D eigenvalue weighted by Gasteiger charge is 2.07. The second kappa shape index (κ2) is 13.9. The number of guanidine groups is 1. The van der Waals surface area contributed by atoms with E-state index in [0.717, 1.165) is 29.0 Å². The molecule has 166 valence electrons. The maximum absolute atomic E-state index is 9.93. The standard InChI is InChI=1S/C22H31N3O4.HI/c1-5-23-22(24-14-17-7-9-20(28-4)19(26)13-17)25-15-18-8-6-16(2)12-21(18)29-11-10-27-3;/h6-9,12-13,26H,5,10-11,14-15H2,1-4H3,(H2,23,24,25);1H. The Morgan fingerprint density at radius 3 is 2.50 bits per heavy atom. The van der Waals surface area contributed by atoms with E-state index in [1.54, 1.807) is 19.2 Å². The molecule has 0 spiro atoms. The van der Waals surface area contributed by atoms with E-state index in [4.69, 9.17) is 14.2 Å². The molecule has 0 saturated carbocycles. The Bertz CT molecular complexity index is 815. The SMILES string of the molecule is CCNC(=NCc1ccc(OC)c(O)c1)NCc1ccc(C)cc1OCCOC.I. The number of nitrogens with one attached hydrogen (secondary N) is 2. The van der Waals surface area contributed by atoms with Gasteiger partial charge in [0.2, 0.25) is 0 Å². The monoisotopic (exact) mass is 529 g/mol. The highest BCUT2D eigenvalue weighted by Crippen LogP contribution is 2.26. The minimum Gasteiger partial charge on any atom is -0.504 e. The number of aromatic hydroxyl groups is 1. The lowest BCUT2D eigenvalue weighted by molar-refractivity contribution is 0.145. The maximum atomic E-state index is 9.93. The predicted molar refractivity (Wildman–Crippen MR) is 130 cm³/mol. The lowest BCUT2D eigenvalue weighted by Gasteiger charge is -2.15. The van der Waals surface area contributed by atoms with Crippen molar-refractivity contribution in [2.75, 3.05) is 34.0 Å². The van der Waals surface area contributed by atoms with Crippen molar-refractivity contribution in [3.63, 3.8) is 0 Å². The summed E-state index contributed by atoms with van der Waals surface area (Å²) in [6.45, 7) is 6.84. The third-order valence-electron chi connectivity index (χ3n) is 4.22. The molecule has 0 atom stereocenters. The molecule has 30 heavy (non-hydrogen) atoms. The number of halogens is 1. The Hall–Kier alpha value is -2.20. The van der Waals surface area contributed by atoms with Crippen molar-refractivity contribution >= 4 is 29.9 Å². The van der Waals surface area contributed by atoms with Crippen LogP contribution in [-0.2, 0) is 17.8 Å². The first-order valence-electron chi connectivity index (χ1n) is 9.66. The topological polar surface area (TPSA) is 84.3 Å². The van der Waals surface area contributed by atoms with E-state index in [-0.39, 0.29) is 29.7 Å². The summed E-state index contributed by atoms with van der Waals surface area (Å²) in [5.74, 6) is 2.08. The fourth-order valence-electron chi connectivity index (χ4n) is 2.70. The van der Waals surface area contributed by atoms with E-state index < -0.39 is 0 Å². The van der Waals surface area contributed by atoms with Gasteiger partial charge >= 0.3 is 0 Å². The number of aliphatic imine (C=N–C) groups is 1. The molecular formula is C22H32IN3O4. The van der Waals surface area contributed by atoms with Crippen molar-refractivity contribution in [2.24, 2.45) is 4.99 Å². The molecule has 2 aromatic carbocycles. The summed E-state index contributed by atoms with van der Waals surface area (Å²) in [7, 11) is 3.18. The summed E-state index contributed by atoms with van der Waals surface area (Å²) in [5, 5.41) is 16.5. The smallest absolute Gasteiger partial charge is 0.191 e. The van der Waals surface area contributed by atoms with Gasteiger partial charge < -0.3 is 30.0 Å². The van der Waals surface area contributed by atoms with Crippen LogP contribution in [0.5, 0.6) is 17.2 Å². The molecule has 0 heterocycles. The molecule has 8 heteroatoms. The van der Waals surface area contributed by atoms with Gasteiger partial charge in [-0.05, 0) is 43.2 Å². The molecule has 0 aromatic heterocycles. The van der Waals surface area contributed by atoms with Crippen LogP contribution >= 0.6 is 24.0 Å². The zero-order valence-electron chi connectivity index (χ0n) is 18.0. The number of rotatable bonds is 10. The lowest BCUT2D eigenvalue weighted by Crippen LogP contribution is -2.36. The van der Waals surface area contributed by atoms with Crippen LogP contribution in [0.25, 0.3) is 0 Å². The third-order valence-corrected chi connectivity index (χ3v) is 4.22. The summed E-state index contributed by atoms with van der Waals surface area (Å²) in [6.07, 6.45) is 0. The Morgan fingerprint density at radius 1 is 1.03 bits per heavy atom. The molecule has 0 aliphatic heterocycles. The van der Waals surface area contributed by atoms with Gasteiger partial charge in [0.15, 0.2) is 17.5 Å². The quantitative estimate of drug-likeness (QED) is 0.189. The highest BCUT2D eigenvalue weighted by atomic mass is 127. The van der Waals surface area contributed by atoms with Crippen LogP contribution in [0.1, 0.15) is 23.6 Å². The van der Waals surface area contributed by atoms with E-state index in [2.05, 4.69) is 27.8 Å². The van der Waals surface area contributed by atoms with Crippen molar-refractivity contribution in [1.82, 2.24) is 10.6 Å². The summed E-state index contributed by atoms with van der Waals surface area (Å²) in [6, 6.07) is 11.4. The molecule has 0 radical (unpaired) electrons. The lowest BCUT2D eigenvalue weighted by atomic mass is 10.1. The molecule has 0 saturated heterocycles. The Kier molecular flexibility index (Phi) is 12.0. The zero-order chi connectivity index (χ0) is 21.1. The second-order valence-electron chi connectivity index (χ2n) is 6.51. The van der Waals surface area contributed by atoms with Crippen LogP contribution in [0, 0.1) is 6.92 Å². The van der Waals surface area contributed by atoms with Gasteiger partial charge in [0.05, 0.1) is 20.3 Å². The van der Waals surface area contributed by atoms with Crippen LogP contribution < -0.4 is 20.1 Å². The number of phenols is 1. The van der Waals surface area contributed by atoms with Crippen LogP contribution in [-0.4, -0.2) is 45.0 Å². The van der Waals surface area contributed by atoms with Crippen molar-refractivity contribution in [2.45, 2.75) is 26.9 Å². The second-order valence-corrected chi connectivity index (χ2v) is 6.51. The summed E-state index contributed by atoms with van der Waals surface area (Å²) in [5.41, 5.74) is 3.07. The Balaban J connectivity index is 0.00000450. The first-order chi connectivity index (χ1) is 14.1. The molecule has 2 aromatic rings. The molecule has 0 amide bonds. The molecule has 0 aliphatic rings. The minimum absolute atomic E-state index is 0. The number of benzene rings is 2. The van der Waals surface area contributed by atoms with Gasteiger partial charge in [-0.2, -0.15) is 0 Å². The zero-order valence-corrected chi connectivity index (χ0v) is 20.4. The predicted octanol–water partition coefficient (Wildman–Crippen LogP) is 3.61. The van der Waals surface area contributed by atoms with E-state index in [0.29, 0.717) is 38.0 Å². The van der Waals surface area contributed by atoms with Crippen LogP contribution in [0.15, 0.2) is 41.4 Å². The van der Waals surface area contributed by atoms with Gasteiger partial charge in [-0.3, -0.25) is 0 Å². The van der Waals surface area contributed by atoms with Gasteiger partial charge in [-0.1, -0.05) is 18.2 Å².